The fourth-order valence-corrected chi connectivity index (χ4v) is 3.76. The zero-order chi connectivity index (χ0) is 15.6. The van der Waals surface area contributed by atoms with Gasteiger partial charge in [-0.25, -0.2) is 0 Å². The third-order valence-electron chi connectivity index (χ3n) is 5.12. The second-order valence-corrected chi connectivity index (χ2v) is 6.53. The largest absolute Gasteiger partial charge is 0.384 e. The molecule has 2 aromatic carbocycles. The van der Waals surface area contributed by atoms with Gasteiger partial charge in [0, 0.05) is 30.9 Å². The molecule has 4 rings (SSSR count). The smallest absolute Gasteiger partial charge is 0.253 e. The first kappa shape index (κ1) is 14.3. The summed E-state index contributed by atoms with van der Waals surface area (Å²) in [5, 5.41) is 3.34. The summed E-state index contributed by atoms with van der Waals surface area (Å²) in [6.45, 7) is 2.69. The second kappa shape index (κ2) is 6.07. The van der Waals surface area contributed by atoms with Crippen molar-refractivity contribution < 1.29 is 4.79 Å². The van der Waals surface area contributed by atoms with Gasteiger partial charge in [0.1, 0.15) is 0 Å². The molecule has 0 atom stereocenters. The minimum Gasteiger partial charge on any atom is -0.384 e. The van der Waals surface area contributed by atoms with Crippen LogP contribution in [0.25, 0.3) is 0 Å². The summed E-state index contributed by atoms with van der Waals surface area (Å²) < 4.78 is 0. The van der Waals surface area contributed by atoms with Gasteiger partial charge in [0.2, 0.25) is 0 Å². The van der Waals surface area contributed by atoms with E-state index in [1.807, 2.05) is 17.0 Å². The summed E-state index contributed by atoms with van der Waals surface area (Å²) in [6.07, 6.45) is 3.14. The monoisotopic (exact) mass is 306 g/mol. The van der Waals surface area contributed by atoms with Gasteiger partial charge in [-0.15, -0.1) is 0 Å². The lowest BCUT2D eigenvalue weighted by molar-refractivity contribution is 0.0713. The molecule has 2 aliphatic rings. The Bertz CT molecular complexity index is 703. The van der Waals surface area contributed by atoms with Gasteiger partial charge in [-0.2, -0.15) is 0 Å². The van der Waals surface area contributed by atoms with Gasteiger partial charge >= 0.3 is 0 Å². The Morgan fingerprint density at radius 2 is 1.83 bits per heavy atom. The zero-order valence-electron chi connectivity index (χ0n) is 13.3. The molecular weight excluding hydrogens is 284 g/mol. The van der Waals surface area contributed by atoms with Crippen LogP contribution < -0.4 is 5.32 Å². The quantitative estimate of drug-likeness (QED) is 0.918. The number of benzene rings is 2. The van der Waals surface area contributed by atoms with Gasteiger partial charge in [0.15, 0.2) is 0 Å². The lowest BCUT2D eigenvalue weighted by atomic mass is 9.89. The van der Waals surface area contributed by atoms with E-state index in [1.165, 1.54) is 16.8 Å². The van der Waals surface area contributed by atoms with E-state index in [2.05, 4.69) is 41.7 Å². The second-order valence-electron chi connectivity index (χ2n) is 6.53. The maximum absolute atomic E-state index is 12.7. The standard InChI is InChI=1S/C20H22N2O/c23-20(18-6-7-19-17(14-18)8-11-21-19)22-12-9-16(10-13-22)15-4-2-1-3-5-15/h1-7,14,16,21H,8-13H2. The number of amides is 1. The third kappa shape index (κ3) is 2.83. The summed E-state index contributed by atoms with van der Waals surface area (Å²) in [7, 11) is 0. The van der Waals surface area contributed by atoms with Gasteiger partial charge in [0.25, 0.3) is 5.91 Å². The van der Waals surface area contributed by atoms with Gasteiger partial charge < -0.3 is 10.2 Å². The van der Waals surface area contributed by atoms with Crippen molar-refractivity contribution in [1.82, 2.24) is 4.90 Å². The molecule has 1 N–H and O–H groups in total. The molecule has 0 aromatic heterocycles. The van der Waals surface area contributed by atoms with Crippen LogP contribution in [0.15, 0.2) is 48.5 Å². The van der Waals surface area contributed by atoms with Crippen LogP contribution in [-0.4, -0.2) is 30.4 Å². The van der Waals surface area contributed by atoms with E-state index in [-0.39, 0.29) is 5.91 Å². The predicted octanol–water partition coefficient (Wildman–Crippen LogP) is 3.67. The lowest BCUT2D eigenvalue weighted by Gasteiger charge is -2.32. The molecule has 2 aromatic rings. The van der Waals surface area contributed by atoms with Crippen LogP contribution in [0.5, 0.6) is 0 Å². The lowest BCUT2D eigenvalue weighted by Crippen LogP contribution is -2.37. The number of nitrogens with zero attached hydrogens (tertiary/aromatic N) is 1. The van der Waals surface area contributed by atoms with Crippen molar-refractivity contribution in [3.05, 3.63) is 65.2 Å². The molecule has 118 valence electrons. The molecule has 0 aliphatic carbocycles. The number of anilines is 1. The van der Waals surface area contributed by atoms with Gasteiger partial charge in [-0.3, -0.25) is 4.79 Å². The summed E-state index contributed by atoms with van der Waals surface area (Å²) in [6, 6.07) is 16.8. The van der Waals surface area contributed by atoms with Crippen molar-refractivity contribution in [2.75, 3.05) is 25.0 Å². The van der Waals surface area contributed by atoms with E-state index < -0.39 is 0 Å². The molecular formula is C20H22N2O. The van der Waals surface area contributed by atoms with Gasteiger partial charge in [-0.05, 0) is 54.5 Å². The van der Waals surface area contributed by atoms with Crippen LogP contribution in [0.2, 0.25) is 0 Å². The van der Waals surface area contributed by atoms with E-state index in [1.54, 1.807) is 0 Å². The SMILES string of the molecule is O=C(c1ccc2c(c1)CCN2)N1CCC(c2ccccc2)CC1. The molecule has 3 nitrogen and oxygen atoms in total. The Morgan fingerprint density at radius 3 is 2.61 bits per heavy atom. The van der Waals surface area contributed by atoms with Crippen molar-refractivity contribution in [1.29, 1.82) is 0 Å². The molecule has 2 heterocycles. The minimum atomic E-state index is 0.186. The first-order valence-corrected chi connectivity index (χ1v) is 8.52. The molecule has 0 unspecified atom stereocenters. The average Bonchev–Trinajstić information content (AvgIpc) is 3.10. The zero-order valence-corrected chi connectivity index (χ0v) is 13.3. The van der Waals surface area contributed by atoms with E-state index >= 15 is 0 Å². The van der Waals surface area contributed by atoms with E-state index in [0.29, 0.717) is 5.92 Å². The van der Waals surface area contributed by atoms with E-state index in [4.69, 9.17) is 0 Å². The number of carbonyl (C=O) groups excluding carboxylic acids is 1. The maximum Gasteiger partial charge on any atom is 0.253 e. The molecule has 0 bridgehead atoms. The summed E-state index contributed by atoms with van der Waals surface area (Å²) in [5.41, 5.74) is 4.70. The van der Waals surface area contributed by atoms with Crippen molar-refractivity contribution in [3.8, 4) is 0 Å². The normalized spacial score (nSPS) is 17.7. The highest BCUT2D eigenvalue weighted by Gasteiger charge is 2.25. The molecule has 1 saturated heterocycles. The molecule has 0 spiro atoms. The van der Waals surface area contributed by atoms with Crippen LogP contribution in [0, 0.1) is 0 Å². The molecule has 0 radical (unpaired) electrons. The summed E-state index contributed by atoms with van der Waals surface area (Å²) >= 11 is 0. The van der Waals surface area contributed by atoms with Crippen LogP contribution >= 0.6 is 0 Å². The highest BCUT2D eigenvalue weighted by molar-refractivity contribution is 5.95. The van der Waals surface area contributed by atoms with Gasteiger partial charge in [-0.1, -0.05) is 30.3 Å². The fraction of sp³-hybridized carbons (Fsp3) is 0.350. The maximum atomic E-state index is 12.7. The van der Waals surface area contributed by atoms with Crippen LogP contribution in [0.4, 0.5) is 5.69 Å². The number of rotatable bonds is 2. The number of carbonyl (C=O) groups is 1. The van der Waals surface area contributed by atoms with Crippen LogP contribution in [-0.2, 0) is 6.42 Å². The number of piperidine rings is 1. The van der Waals surface area contributed by atoms with E-state index in [9.17, 15) is 4.79 Å². The van der Waals surface area contributed by atoms with Crippen LogP contribution in [0.3, 0.4) is 0 Å². The minimum absolute atomic E-state index is 0.186. The third-order valence-corrected chi connectivity index (χ3v) is 5.12. The van der Waals surface area contributed by atoms with Crippen LogP contribution in [0.1, 0.15) is 40.2 Å². The molecule has 1 amide bonds. The predicted molar refractivity (Wildman–Crippen MR) is 93.0 cm³/mol. The fourth-order valence-electron chi connectivity index (χ4n) is 3.76. The number of hydrogen-bond acceptors (Lipinski definition) is 2. The van der Waals surface area contributed by atoms with Crippen molar-refractivity contribution >= 4 is 11.6 Å². The van der Waals surface area contributed by atoms with Gasteiger partial charge in [0.05, 0.1) is 0 Å². The first-order chi connectivity index (χ1) is 11.3. The summed E-state index contributed by atoms with van der Waals surface area (Å²) in [5.74, 6) is 0.774. The Kier molecular flexibility index (Phi) is 3.78. The van der Waals surface area contributed by atoms with Crippen molar-refractivity contribution in [2.45, 2.75) is 25.2 Å². The molecule has 3 heteroatoms. The number of likely N-dealkylation sites (tertiary alicyclic amines) is 1. The molecule has 2 aliphatic heterocycles. The molecule has 0 saturated carbocycles. The Labute approximate surface area is 137 Å². The number of fused-ring (bicyclic) bond motifs is 1. The topological polar surface area (TPSA) is 32.3 Å². The Morgan fingerprint density at radius 1 is 1.04 bits per heavy atom. The van der Waals surface area contributed by atoms with E-state index in [0.717, 1.165) is 44.5 Å². The van der Waals surface area contributed by atoms with Crippen molar-refractivity contribution in [2.24, 2.45) is 0 Å². The summed E-state index contributed by atoms with van der Waals surface area (Å²) in [4.78, 5) is 14.8. The average molecular weight is 306 g/mol. The first-order valence-electron chi connectivity index (χ1n) is 8.52. The van der Waals surface area contributed by atoms with Crippen molar-refractivity contribution in [3.63, 3.8) is 0 Å². The molecule has 23 heavy (non-hydrogen) atoms. The highest BCUT2D eigenvalue weighted by Crippen LogP contribution is 2.29. The highest BCUT2D eigenvalue weighted by atomic mass is 16.2. The Balaban J connectivity index is 1.43. The number of hydrogen-bond donors (Lipinski definition) is 1. The molecule has 1 fully saturated rings. The Hall–Kier alpha value is -2.29. The number of nitrogens with one attached hydrogen (secondary N) is 1.